The quantitative estimate of drug-likeness (QED) is 0.797. The fourth-order valence-electron chi connectivity index (χ4n) is 2.47. The number of nitrogens with zero attached hydrogens (tertiary/aromatic N) is 2. The molecule has 4 heteroatoms. The maximum Gasteiger partial charge on any atom is 0.141 e. The molecule has 0 radical (unpaired) electrons. The highest BCUT2D eigenvalue weighted by molar-refractivity contribution is 5.84. The first-order valence-corrected chi connectivity index (χ1v) is 6.25. The molecule has 1 saturated heterocycles. The van der Waals surface area contributed by atoms with Crippen LogP contribution in [0.5, 0.6) is 5.75 Å². The van der Waals surface area contributed by atoms with E-state index in [1.807, 2.05) is 18.2 Å². The minimum atomic E-state index is 0.251. The summed E-state index contributed by atoms with van der Waals surface area (Å²) in [4.78, 5) is 6.91. The second-order valence-electron chi connectivity index (χ2n) is 4.79. The highest BCUT2D eigenvalue weighted by Gasteiger charge is 2.21. The first kappa shape index (κ1) is 11.4. The van der Waals surface area contributed by atoms with E-state index in [-0.39, 0.29) is 11.8 Å². The predicted octanol–water partition coefficient (Wildman–Crippen LogP) is 1.52. The molecule has 1 aliphatic rings. The van der Waals surface area contributed by atoms with Crippen molar-refractivity contribution in [1.82, 2.24) is 15.2 Å². The number of hydrogen-bond donors (Lipinski definition) is 2. The van der Waals surface area contributed by atoms with Crippen LogP contribution < -0.4 is 5.32 Å². The van der Waals surface area contributed by atoms with Gasteiger partial charge in [-0.1, -0.05) is 18.2 Å². The van der Waals surface area contributed by atoms with Crippen molar-refractivity contribution in [2.75, 3.05) is 26.7 Å². The third kappa shape index (κ3) is 1.94. The molecule has 0 amide bonds. The maximum absolute atomic E-state index is 9.87. The number of nitrogens with one attached hydrogen (secondary N) is 1. The molecule has 0 aliphatic carbocycles. The van der Waals surface area contributed by atoms with Crippen LogP contribution in [0.25, 0.3) is 10.9 Å². The molecule has 94 valence electrons. The molecule has 2 heterocycles. The Morgan fingerprint density at radius 3 is 3.06 bits per heavy atom. The fourth-order valence-corrected chi connectivity index (χ4v) is 2.47. The highest BCUT2D eigenvalue weighted by Crippen LogP contribution is 2.26. The second-order valence-corrected chi connectivity index (χ2v) is 4.79. The van der Waals surface area contributed by atoms with E-state index in [1.54, 1.807) is 6.07 Å². The van der Waals surface area contributed by atoms with E-state index >= 15 is 0 Å². The van der Waals surface area contributed by atoms with Crippen molar-refractivity contribution >= 4 is 10.9 Å². The second kappa shape index (κ2) is 4.55. The number of aromatic nitrogens is 1. The number of hydrogen-bond acceptors (Lipinski definition) is 4. The van der Waals surface area contributed by atoms with E-state index in [9.17, 15) is 5.11 Å². The number of benzene rings is 1. The molecule has 3 rings (SSSR count). The van der Waals surface area contributed by atoms with Gasteiger partial charge in [-0.05, 0) is 19.2 Å². The highest BCUT2D eigenvalue weighted by atomic mass is 16.3. The number of aromatic hydroxyl groups is 1. The van der Waals surface area contributed by atoms with Crippen LogP contribution in [-0.4, -0.2) is 41.7 Å². The zero-order valence-electron chi connectivity index (χ0n) is 10.4. The summed E-state index contributed by atoms with van der Waals surface area (Å²) >= 11 is 0. The van der Waals surface area contributed by atoms with Gasteiger partial charge in [0.25, 0.3) is 0 Å². The molecule has 1 atom stereocenters. The van der Waals surface area contributed by atoms with Crippen molar-refractivity contribution < 1.29 is 5.11 Å². The van der Waals surface area contributed by atoms with Crippen molar-refractivity contribution in [3.8, 4) is 5.75 Å². The molecule has 0 bridgehead atoms. The number of pyridine rings is 1. The Bertz CT molecular complexity index is 570. The summed E-state index contributed by atoms with van der Waals surface area (Å²) < 4.78 is 0. The molecular formula is C14H17N3O. The monoisotopic (exact) mass is 243 g/mol. The molecule has 0 spiro atoms. The minimum Gasteiger partial charge on any atom is -0.506 e. The fraction of sp³-hybridized carbons (Fsp3) is 0.357. The van der Waals surface area contributed by atoms with Crippen molar-refractivity contribution in [2.45, 2.75) is 6.04 Å². The minimum absolute atomic E-state index is 0.251. The van der Waals surface area contributed by atoms with E-state index in [0.29, 0.717) is 5.52 Å². The normalized spacial score (nSPS) is 21.3. The molecule has 2 aromatic rings. The summed E-state index contributed by atoms with van der Waals surface area (Å²) in [6.45, 7) is 2.94. The first-order valence-electron chi connectivity index (χ1n) is 6.25. The number of likely N-dealkylation sites (N-methyl/N-ethyl adjacent to an activating group) is 1. The van der Waals surface area contributed by atoms with Gasteiger partial charge in [0.05, 0.1) is 11.7 Å². The first-order chi connectivity index (χ1) is 8.75. The molecule has 1 aliphatic heterocycles. The number of phenols is 1. The van der Waals surface area contributed by atoms with Crippen LogP contribution in [-0.2, 0) is 0 Å². The van der Waals surface area contributed by atoms with Crippen LogP contribution in [0.4, 0.5) is 0 Å². The number of fused-ring (bicyclic) bond motifs is 1. The average molecular weight is 243 g/mol. The lowest BCUT2D eigenvalue weighted by atomic mass is 10.1. The van der Waals surface area contributed by atoms with E-state index in [4.69, 9.17) is 0 Å². The van der Waals surface area contributed by atoms with Crippen LogP contribution in [0.15, 0.2) is 30.3 Å². The number of rotatable bonds is 1. The third-order valence-electron chi connectivity index (χ3n) is 3.57. The van der Waals surface area contributed by atoms with Crippen LogP contribution in [0.3, 0.4) is 0 Å². The van der Waals surface area contributed by atoms with Gasteiger partial charge < -0.3 is 10.4 Å². The number of phenolic OH excluding ortho intramolecular Hbond substituents is 1. The topological polar surface area (TPSA) is 48.4 Å². The average Bonchev–Trinajstić information content (AvgIpc) is 2.40. The standard InChI is InChI=1S/C14H17N3O/c1-17-8-7-15-9-12(17)11-6-5-10-3-2-4-13(18)14(10)16-11/h2-6,12,15,18H,7-9H2,1H3. The SMILES string of the molecule is CN1CCNCC1c1ccc2cccc(O)c2n1. The lowest BCUT2D eigenvalue weighted by Gasteiger charge is -2.32. The van der Waals surface area contributed by atoms with Gasteiger partial charge in [-0.2, -0.15) is 0 Å². The lowest BCUT2D eigenvalue weighted by Crippen LogP contribution is -2.44. The summed E-state index contributed by atoms with van der Waals surface area (Å²) in [5.41, 5.74) is 1.70. The van der Waals surface area contributed by atoms with Gasteiger partial charge in [-0.15, -0.1) is 0 Å². The Hall–Kier alpha value is -1.65. The third-order valence-corrected chi connectivity index (χ3v) is 3.57. The molecule has 1 fully saturated rings. The summed E-state index contributed by atoms with van der Waals surface area (Å²) in [5, 5.41) is 14.2. The zero-order valence-corrected chi connectivity index (χ0v) is 10.4. The predicted molar refractivity (Wildman–Crippen MR) is 71.6 cm³/mol. The van der Waals surface area contributed by atoms with E-state index in [1.165, 1.54) is 0 Å². The zero-order chi connectivity index (χ0) is 12.5. The smallest absolute Gasteiger partial charge is 0.141 e. The van der Waals surface area contributed by atoms with Crippen LogP contribution >= 0.6 is 0 Å². The Morgan fingerprint density at radius 1 is 1.33 bits per heavy atom. The maximum atomic E-state index is 9.87. The summed E-state index contributed by atoms with van der Waals surface area (Å²) in [6, 6.07) is 9.85. The van der Waals surface area contributed by atoms with Crippen molar-refractivity contribution in [3.05, 3.63) is 36.0 Å². The lowest BCUT2D eigenvalue weighted by molar-refractivity contribution is 0.199. The van der Waals surface area contributed by atoms with Crippen LogP contribution in [0, 0.1) is 0 Å². The Kier molecular flexibility index (Phi) is 2.89. The van der Waals surface area contributed by atoms with E-state index < -0.39 is 0 Å². The molecule has 1 aromatic heterocycles. The van der Waals surface area contributed by atoms with Gasteiger partial charge in [-0.25, -0.2) is 4.98 Å². The summed E-state index contributed by atoms with van der Waals surface area (Å²) in [5.74, 6) is 0.251. The molecular weight excluding hydrogens is 226 g/mol. The summed E-state index contributed by atoms with van der Waals surface area (Å²) in [6.07, 6.45) is 0. The number of para-hydroxylation sites is 1. The van der Waals surface area contributed by atoms with E-state index in [0.717, 1.165) is 30.7 Å². The van der Waals surface area contributed by atoms with Gasteiger partial charge in [0.15, 0.2) is 0 Å². The Balaban J connectivity index is 2.04. The number of piperazine rings is 1. The van der Waals surface area contributed by atoms with Gasteiger partial charge in [-0.3, -0.25) is 4.90 Å². The van der Waals surface area contributed by atoms with Gasteiger partial charge in [0.2, 0.25) is 0 Å². The molecule has 2 N–H and O–H groups in total. The molecule has 1 aromatic carbocycles. The van der Waals surface area contributed by atoms with Gasteiger partial charge >= 0.3 is 0 Å². The molecule has 0 saturated carbocycles. The van der Waals surface area contributed by atoms with E-state index in [2.05, 4.69) is 28.3 Å². The molecule has 18 heavy (non-hydrogen) atoms. The summed E-state index contributed by atoms with van der Waals surface area (Å²) in [7, 11) is 2.11. The van der Waals surface area contributed by atoms with Crippen molar-refractivity contribution in [1.29, 1.82) is 0 Å². The van der Waals surface area contributed by atoms with Crippen molar-refractivity contribution in [2.24, 2.45) is 0 Å². The van der Waals surface area contributed by atoms with Gasteiger partial charge in [0, 0.05) is 25.0 Å². The molecule has 4 nitrogen and oxygen atoms in total. The largest absolute Gasteiger partial charge is 0.506 e. The van der Waals surface area contributed by atoms with Crippen LogP contribution in [0.2, 0.25) is 0 Å². The van der Waals surface area contributed by atoms with Crippen molar-refractivity contribution in [3.63, 3.8) is 0 Å². The molecule has 1 unspecified atom stereocenters. The van der Waals surface area contributed by atoms with Gasteiger partial charge in [0.1, 0.15) is 11.3 Å². The Labute approximate surface area is 106 Å². The van der Waals surface area contributed by atoms with Crippen LogP contribution in [0.1, 0.15) is 11.7 Å². The Morgan fingerprint density at radius 2 is 2.22 bits per heavy atom.